The standard InChI is InChI=1S/C13H10O.4H2O/c14-13(11-7-3-1-4-8-11)12-9-5-2-6-10-12;;;;/h1-10H;4*1H2. The molecule has 0 bridgehead atoms. The highest BCUT2D eigenvalue weighted by Crippen LogP contribution is 2.08. The minimum Gasteiger partial charge on any atom is -0.412 e. The Labute approximate surface area is 105 Å². The van der Waals surface area contributed by atoms with Crippen molar-refractivity contribution in [1.29, 1.82) is 0 Å². The Hall–Kier alpha value is -2.05. The molecule has 0 aliphatic heterocycles. The molecule has 2 aromatic carbocycles. The van der Waals surface area contributed by atoms with E-state index in [1.54, 1.807) is 0 Å². The van der Waals surface area contributed by atoms with Gasteiger partial charge in [0.15, 0.2) is 5.78 Å². The molecule has 100 valence electrons. The summed E-state index contributed by atoms with van der Waals surface area (Å²) in [5, 5.41) is 0. The molecule has 0 radical (unpaired) electrons. The van der Waals surface area contributed by atoms with Crippen molar-refractivity contribution in [3.8, 4) is 0 Å². The molecule has 0 aliphatic carbocycles. The van der Waals surface area contributed by atoms with E-state index in [0.717, 1.165) is 11.1 Å². The first-order valence-electron chi connectivity index (χ1n) is 4.53. The van der Waals surface area contributed by atoms with Gasteiger partial charge in [-0.3, -0.25) is 4.79 Å². The lowest BCUT2D eigenvalue weighted by Crippen LogP contribution is -1.99. The SMILES string of the molecule is O.O.O.O.O=C(c1ccccc1)c1ccccc1. The molecule has 0 amide bonds. The monoisotopic (exact) mass is 254 g/mol. The van der Waals surface area contributed by atoms with E-state index in [4.69, 9.17) is 0 Å². The predicted octanol–water partition coefficient (Wildman–Crippen LogP) is -0.381. The quantitative estimate of drug-likeness (QED) is 0.661. The van der Waals surface area contributed by atoms with Gasteiger partial charge in [0.1, 0.15) is 0 Å². The number of ketones is 1. The summed E-state index contributed by atoms with van der Waals surface area (Å²) in [6.45, 7) is 0. The molecule has 5 heteroatoms. The smallest absolute Gasteiger partial charge is 0.193 e. The van der Waals surface area contributed by atoms with Crippen molar-refractivity contribution in [2.45, 2.75) is 0 Å². The van der Waals surface area contributed by atoms with Gasteiger partial charge >= 0.3 is 0 Å². The summed E-state index contributed by atoms with van der Waals surface area (Å²) >= 11 is 0. The summed E-state index contributed by atoms with van der Waals surface area (Å²) in [7, 11) is 0. The van der Waals surface area contributed by atoms with Crippen LogP contribution in [0.15, 0.2) is 60.7 Å². The zero-order valence-electron chi connectivity index (χ0n) is 9.68. The molecule has 18 heavy (non-hydrogen) atoms. The van der Waals surface area contributed by atoms with Crippen LogP contribution >= 0.6 is 0 Å². The molecule has 0 spiro atoms. The third-order valence-corrected chi connectivity index (χ3v) is 2.07. The maximum Gasteiger partial charge on any atom is 0.193 e. The lowest BCUT2D eigenvalue weighted by molar-refractivity contribution is 0.103. The van der Waals surface area contributed by atoms with E-state index < -0.39 is 0 Å². The lowest BCUT2D eigenvalue weighted by atomic mass is 10.0. The van der Waals surface area contributed by atoms with Gasteiger partial charge in [0.2, 0.25) is 0 Å². The van der Waals surface area contributed by atoms with Crippen LogP contribution < -0.4 is 0 Å². The highest BCUT2D eigenvalue weighted by Gasteiger charge is 2.06. The Morgan fingerprint density at radius 3 is 1.11 bits per heavy atom. The molecule has 5 nitrogen and oxygen atoms in total. The van der Waals surface area contributed by atoms with E-state index in [2.05, 4.69) is 0 Å². The van der Waals surface area contributed by atoms with Crippen molar-refractivity contribution >= 4 is 5.78 Å². The maximum atomic E-state index is 11.8. The molecule has 0 heterocycles. The Morgan fingerprint density at radius 2 is 0.833 bits per heavy atom. The molecular weight excluding hydrogens is 236 g/mol. The van der Waals surface area contributed by atoms with Crippen LogP contribution in [0.4, 0.5) is 0 Å². The van der Waals surface area contributed by atoms with Gasteiger partial charge in [-0.1, -0.05) is 60.7 Å². The number of rotatable bonds is 2. The zero-order chi connectivity index (χ0) is 9.80. The average molecular weight is 254 g/mol. The number of hydrogen-bond acceptors (Lipinski definition) is 1. The fraction of sp³-hybridized carbons (Fsp3) is 0. The van der Waals surface area contributed by atoms with Gasteiger partial charge in [0.25, 0.3) is 0 Å². The van der Waals surface area contributed by atoms with E-state index in [1.165, 1.54) is 0 Å². The molecular formula is C13H18O5. The van der Waals surface area contributed by atoms with Crippen molar-refractivity contribution in [1.82, 2.24) is 0 Å². The molecule has 0 atom stereocenters. The van der Waals surface area contributed by atoms with Crippen LogP contribution in [-0.4, -0.2) is 27.7 Å². The van der Waals surface area contributed by atoms with Crippen molar-refractivity contribution in [3.05, 3.63) is 71.8 Å². The third-order valence-electron chi connectivity index (χ3n) is 2.07. The Kier molecular flexibility index (Phi) is 12.0. The molecule has 0 fully saturated rings. The molecule has 0 saturated carbocycles. The van der Waals surface area contributed by atoms with Crippen LogP contribution in [0.25, 0.3) is 0 Å². The van der Waals surface area contributed by atoms with E-state index in [-0.39, 0.29) is 27.7 Å². The Bertz CT molecular complexity index is 386. The summed E-state index contributed by atoms with van der Waals surface area (Å²) in [6, 6.07) is 18.6. The van der Waals surface area contributed by atoms with Crippen LogP contribution in [0.1, 0.15) is 15.9 Å². The summed E-state index contributed by atoms with van der Waals surface area (Å²) in [5.41, 5.74) is 1.47. The van der Waals surface area contributed by atoms with Crippen LogP contribution in [0.5, 0.6) is 0 Å². The van der Waals surface area contributed by atoms with E-state index >= 15 is 0 Å². The number of benzene rings is 2. The van der Waals surface area contributed by atoms with Crippen LogP contribution in [0.2, 0.25) is 0 Å². The van der Waals surface area contributed by atoms with Crippen molar-refractivity contribution < 1.29 is 26.7 Å². The molecule has 0 aliphatic rings. The van der Waals surface area contributed by atoms with Crippen LogP contribution in [0.3, 0.4) is 0 Å². The first kappa shape index (κ1) is 21.3. The summed E-state index contributed by atoms with van der Waals surface area (Å²) < 4.78 is 0. The lowest BCUT2D eigenvalue weighted by Gasteiger charge is -1.99. The van der Waals surface area contributed by atoms with Crippen molar-refractivity contribution in [2.75, 3.05) is 0 Å². The Morgan fingerprint density at radius 1 is 0.556 bits per heavy atom. The van der Waals surface area contributed by atoms with Crippen molar-refractivity contribution in [2.24, 2.45) is 0 Å². The van der Waals surface area contributed by atoms with Gasteiger partial charge in [0.05, 0.1) is 0 Å². The van der Waals surface area contributed by atoms with E-state index in [9.17, 15) is 4.79 Å². The second-order valence-corrected chi connectivity index (χ2v) is 3.06. The van der Waals surface area contributed by atoms with Crippen LogP contribution in [0, 0.1) is 0 Å². The van der Waals surface area contributed by atoms with Gasteiger partial charge in [-0.2, -0.15) is 0 Å². The number of carbonyl (C=O) groups excluding carboxylic acids is 1. The van der Waals surface area contributed by atoms with Gasteiger partial charge in [-0.15, -0.1) is 0 Å². The summed E-state index contributed by atoms with van der Waals surface area (Å²) in [5.74, 6) is 0.0752. The average Bonchev–Trinajstić information content (AvgIpc) is 2.30. The van der Waals surface area contributed by atoms with Crippen molar-refractivity contribution in [3.63, 3.8) is 0 Å². The second-order valence-electron chi connectivity index (χ2n) is 3.06. The largest absolute Gasteiger partial charge is 0.412 e. The van der Waals surface area contributed by atoms with Crippen LogP contribution in [-0.2, 0) is 0 Å². The molecule has 0 aromatic heterocycles. The highest BCUT2D eigenvalue weighted by molar-refractivity contribution is 6.08. The topological polar surface area (TPSA) is 143 Å². The minimum absolute atomic E-state index is 0. The predicted molar refractivity (Wildman–Crippen MR) is 70.8 cm³/mol. The van der Waals surface area contributed by atoms with E-state index in [1.807, 2.05) is 60.7 Å². The normalized spacial score (nSPS) is 7.56. The zero-order valence-corrected chi connectivity index (χ0v) is 9.68. The molecule has 2 rings (SSSR count). The number of hydrogen-bond donors (Lipinski definition) is 0. The fourth-order valence-corrected chi connectivity index (χ4v) is 1.35. The second kappa shape index (κ2) is 10.1. The van der Waals surface area contributed by atoms with Gasteiger partial charge in [-0.25, -0.2) is 0 Å². The third kappa shape index (κ3) is 4.86. The van der Waals surface area contributed by atoms with E-state index in [0.29, 0.717) is 0 Å². The maximum absolute atomic E-state index is 11.8. The summed E-state index contributed by atoms with van der Waals surface area (Å²) in [4.78, 5) is 11.8. The molecule has 0 unspecified atom stereocenters. The van der Waals surface area contributed by atoms with Gasteiger partial charge in [0, 0.05) is 11.1 Å². The number of carbonyl (C=O) groups is 1. The van der Waals surface area contributed by atoms with Gasteiger partial charge in [-0.05, 0) is 0 Å². The Balaban J connectivity index is -0.000000562. The van der Waals surface area contributed by atoms with Gasteiger partial charge < -0.3 is 21.9 Å². The first-order chi connectivity index (χ1) is 6.88. The first-order valence-corrected chi connectivity index (χ1v) is 4.53. The minimum atomic E-state index is 0. The molecule has 0 saturated heterocycles. The highest BCUT2D eigenvalue weighted by atomic mass is 16.1. The fourth-order valence-electron chi connectivity index (χ4n) is 1.35. The molecule has 8 N–H and O–H groups in total. The molecule has 2 aromatic rings. The summed E-state index contributed by atoms with van der Waals surface area (Å²) in [6.07, 6.45) is 0.